The first-order chi connectivity index (χ1) is 9.50. The largest absolute Gasteiger partial charge is 0.417 e. The van der Waals surface area contributed by atoms with Crippen LogP contribution < -0.4 is 0 Å². The predicted octanol–water partition coefficient (Wildman–Crippen LogP) is 4.55. The number of alkyl halides is 3. The van der Waals surface area contributed by atoms with Crippen LogP contribution in [0.4, 0.5) is 13.2 Å². The molecule has 0 saturated heterocycles. The zero-order chi connectivity index (χ0) is 16.0. The number of halogens is 3. The van der Waals surface area contributed by atoms with Crippen molar-refractivity contribution in [3.63, 3.8) is 0 Å². The summed E-state index contributed by atoms with van der Waals surface area (Å²) in [6.07, 6.45) is -2.50. The summed E-state index contributed by atoms with van der Waals surface area (Å²) in [5.41, 5.74) is -0.619. The summed E-state index contributed by atoms with van der Waals surface area (Å²) in [5.74, 6) is 0. The molecule has 1 aromatic carbocycles. The van der Waals surface area contributed by atoms with Gasteiger partial charge < -0.3 is 9.67 Å². The fourth-order valence-electron chi connectivity index (χ4n) is 2.66. The first-order valence-electron chi connectivity index (χ1n) is 6.93. The molecule has 0 radical (unpaired) electrons. The molecule has 0 aliphatic rings. The Hall–Kier alpha value is -1.49. The number of rotatable bonds is 3. The molecule has 0 bridgehead atoms. The van der Waals surface area contributed by atoms with E-state index < -0.39 is 17.3 Å². The summed E-state index contributed by atoms with van der Waals surface area (Å²) in [7, 11) is 0. The molecule has 0 atom stereocenters. The fraction of sp³-hybridized carbons (Fsp3) is 0.500. The number of fused-ring (bicyclic) bond motifs is 1. The first kappa shape index (κ1) is 15.9. The van der Waals surface area contributed by atoms with Crippen LogP contribution in [0.3, 0.4) is 0 Å². The average Bonchev–Trinajstić information content (AvgIpc) is 2.64. The van der Waals surface area contributed by atoms with E-state index in [1.165, 1.54) is 6.07 Å². The van der Waals surface area contributed by atoms with E-state index in [0.717, 1.165) is 6.07 Å². The van der Waals surface area contributed by atoms with Crippen LogP contribution in [0, 0.1) is 0 Å². The molecule has 0 aliphatic heterocycles. The molecule has 5 heteroatoms. The monoisotopic (exact) mass is 299 g/mol. The lowest BCUT2D eigenvalue weighted by molar-refractivity contribution is -0.136. The van der Waals surface area contributed by atoms with Crippen molar-refractivity contribution in [2.45, 2.75) is 51.9 Å². The van der Waals surface area contributed by atoms with Crippen LogP contribution in [0.5, 0.6) is 0 Å². The molecule has 1 aromatic heterocycles. The summed E-state index contributed by atoms with van der Waals surface area (Å²) >= 11 is 0. The number of aromatic nitrogens is 1. The van der Waals surface area contributed by atoms with Crippen molar-refractivity contribution < 1.29 is 18.3 Å². The average molecular weight is 299 g/mol. The minimum Gasteiger partial charge on any atom is -0.390 e. The Morgan fingerprint density at radius 3 is 2.29 bits per heavy atom. The highest BCUT2D eigenvalue weighted by atomic mass is 19.4. The van der Waals surface area contributed by atoms with Gasteiger partial charge in [0.2, 0.25) is 0 Å². The Kier molecular flexibility index (Phi) is 3.82. The smallest absolute Gasteiger partial charge is 0.390 e. The third kappa shape index (κ3) is 3.23. The Bertz CT molecular complexity index is 648. The Morgan fingerprint density at radius 2 is 1.81 bits per heavy atom. The van der Waals surface area contributed by atoms with Gasteiger partial charge >= 0.3 is 6.18 Å². The molecule has 1 N–H and O–H groups in total. The minimum absolute atomic E-state index is 0.0477. The number of benzene rings is 1. The van der Waals surface area contributed by atoms with E-state index in [2.05, 4.69) is 0 Å². The molecule has 0 fully saturated rings. The van der Waals surface area contributed by atoms with Crippen LogP contribution in [0.15, 0.2) is 24.4 Å². The lowest BCUT2D eigenvalue weighted by atomic mass is 9.96. The maximum Gasteiger partial charge on any atom is 0.417 e. The molecule has 2 rings (SSSR count). The third-order valence-electron chi connectivity index (χ3n) is 3.42. The molecule has 0 spiro atoms. The highest BCUT2D eigenvalue weighted by molar-refractivity contribution is 5.88. The standard InChI is InChI=1S/C16H20F3NO/c1-10(2)20-9-11(8-15(3,4)21)14-12(16(17,18)19)6-5-7-13(14)20/h5-7,9-10,21H,8H2,1-4H3. The molecule has 0 aliphatic carbocycles. The van der Waals surface area contributed by atoms with Crippen LogP contribution in [0.1, 0.15) is 44.9 Å². The van der Waals surface area contributed by atoms with E-state index in [1.807, 2.05) is 18.4 Å². The molecular weight excluding hydrogens is 279 g/mol. The number of aliphatic hydroxyl groups is 1. The lowest BCUT2D eigenvalue weighted by Crippen LogP contribution is -2.22. The molecule has 0 unspecified atom stereocenters. The molecule has 2 nitrogen and oxygen atoms in total. The molecule has 0 amide bonds. The molecule has 21 heavy (non-hydrogen) atoms. The van der Waals surface area contributed by atoms with Gasteiger partial charge in [-0.2, -0.15) is 13.2 Å². The van der Waals surface area contributed by atoms with Crippen LogP contribution in [-0.2, 0) is 12.6 Å². The van der Waals surface area contributed by atoms with Crippen molar-refractivity contribution in [3.8, 4) is 0 Å². The van der Waals surface area contributed by atoms with Crippen LogP contribution in [-0.4, -0.2) is 15.3 Å². The van der Waals surface area contributed by atoms with Gasteiger partial charge in [0.15, 0.2) is 0 Å². The molecule has 2 aromatic rings. The van der Waals surface area contributed by atoms with Gasteiger partial charge in [-0.25, -0.2) is 0 Å². The van der Waals surface area contributed by atoms with E-state index in [1.54, 1.807) is 26.1 Å². The normalized spacial score (nSPS) is 13.4. The molecular formula is C16H20F3NO. The van der Waals surface area contributed by atoms with Crippen molar-refractivity contribution in [2.75, 3.05) is 0 Å². The highest BCUT2D eigenvalue weighted by Gasteiger charge is 2.34. The highest BCUT2D eigenvalue weighted by Crippen LogP contribution is 2.38. The first-order valence-corrected chi connectivity index (χ1v) is 6.93. The van der Waals surface area contributed by atoms with Gasteiger partial charge in [-0.05, 0) is 45.4 Å². The predicted molar refractivity (Wildman–Crippen MR) is 77.3 cm³/mol. The summed E-state index contributed by atoms with van der Waals surface area (Å²) in [6.45, 7) is 7.05. The second-order valence-electron chi connectivity index (χ2n) is 6.34. The zero-order valence-corrected chi connectivity index (χ0v) is 12.6. The molecule has 116 valence electrons. The van der Waals surface area contributed by atoms with Crippen molar-refractivity contribution in [1.29, 1.82) is 0 Å². The van der Waals surface area contributed by atoms with E-state index >= 15 is 0 Å². The van der Waals surface area contributed by atoms with E-state index in [9.17, 15) is 18.3 Å². The van der Waals surface area contributed by atoms with Crippen molar-refractivity contribution in [3.05, 3.63) is 35.5 Å². The van der Waals surface area contributed by atoms with Gasteiger partial charge in [-0.1, -0.05) is 6.07 Å². The number of hydrogen-bond acceptors (Lipinski definition) is 1. The summed E-state index contributed by atoms with van der Waals surface area (Å²) in [4.78, 5) is 0. The number of hydrogen-bond donors (Lipinski definition) is 1. The van der Waals surface area contributed by atoms with E-state index in [4.69, 9.17) is 0 Å². The Balaban J connectivity index is 2.78. The topological polar surface area (TPSA) is 25.2 Å². The van der Waals surface area contributed by atoms with Gasteiger partial charge in [-0.3, -0.25) is 0 Å². The van der Waals surface area contributed by atoms with Crippen LogP contribution in [0.2, 0.25) is 0 Å². The second-order valence-corrected chi connectivity index (χ2v) is 6.34. The fourth-order valence-corrected chi connectivity index (χ4v) is 2.66. The maximum atomic E-state index is 13.3. The van der Waals surface area contributed by atoms with Gasteiger partial charge in [0.25, 0.3) is 0 Å². The zero-order valence-electron chi connectivity index (χ0n) is 12.6. The van der Waals surface area contributed by atoms with Gasteiger partial charge in [0, 0.05) is 29.6 Å². The van der Waals surface area contributed by atoms with Gasteiger partial charge in [0.1, 0.15) is 0 Å². The lowest BCUT2D eigenvalue weighted by Gasteiger charge is -2.17. The summed E-state index contributed by atoms with van der Waals surface area (Å²) in [6, 6.07) is 4.27. The Labute approximate surface area is 122 Å². The second kappa shape index (κ2) is 5.05. The van der Waals surface area contributed by atoms with Gasteiger partial charge in [-0.15, -0.1) is 0 Å². The van der Waals surface area contributed by atoms with Crippen molar-refractivity contribution in [1.82, 2.24) is 4.57 Å². The Morgan fingerprint density at radius 1 is 1.19 bits per heavy atom. The molecule has 0 saturated carbocycles. The van der Waals surface area contributed by atoms with Crippen LogP contribution >= 0.6 is 0 Å². The number of nitrogens with zero attached hydrogens (tertiary/aromatic N) is 1. The van der Waals surface area contributed by atoms with E-state index in [0.29, 0.717) is 11.1 Å². The maximum absolute atomic E-state index is 13.3. The van der Waals surface area contributed by atoms with Crippen molar-refractivity contribution >= 4 is 10.9 Å². The van der Waals surface area contributed by atoms with E-state index in [-0.39, 0.29) is 17.8 Å². The quantitative estimate of drug-likeness (QED) is 0.883. The van der Waals surface area contributed by atoms with Crippen LogP contribution in [0.25, 0.3) is 10.9 Å². The SMILES string of the molecule is CC(C)n1cc(CC(C)(C)O)c2c(C(F)(F)F)cccc21. The van der Waals surface area contributed by atoms with Crippen molar-refractivity contribution in [2.24, 2.45) is 0 Å². The third-order valence-corrected chi connectivity index (χ3v) is 3.42. The summed E-state index contributed by atoms with van der Waals surface area (Å²) in [5, 5.41) is 10.2. The summed E-state index contributed by atoms with van der Waals surface area (Å²) < 4.78 is 41.6. The van der Waals surface area contributed by atoms with Gasteiger partial charge in [0.05, 0.1) is 11.2 Å². The molecule has 1 heterocycles. The minimum atomic E-state index is -4.41.